The number of ether oxygens (including phenoxy) is 1. The standard InChI is InChI=1S/C30H31NO4/c1-17-13-25(21(5)28(33)15-17)31(26-14-18(2)16-29(34)22(26)6)23-8-10-24(11-9-23)35-30-20(4)19(3)7-12-27(30)32/h7-16,32-34H,1-6H3. The molecule has 0 heterocycles. The highest BCUT2D eigenvalue weighted by molar-refractivity contribution is 5.83. The van der Waals surface area contributed by atoms with Gasteiger partial charge in [0, 0.05) is 16.8 Å². The number of hydrogen-bond donors (Lipinski definition) is 3. The summed E-state index contributed by atoms with van der Waals surface area (Å²) in [7, 11) is 0. The molecule has 0 radical (unpaired) electrons. The Morgan fingerprint density at radius 3 is 1.60 bits per heavy atom. The van der Waals surface area contributed by atoms with Crippen LogP contribution in [0, 0.1) is 41.5 Å². The third kappa shape index (κ3) is 4.62. The van der Waals surface area contributed by atoms with Crippen LogP contribution < -0.4 is 9.64 Å². The van der Waals surface area contributed by atoms with Crippen LogP contribution in [0.4, 0.5) is 17.1 Å². The van der Waals surface area contributed by atoms with Crippen molar-refractivity contribution in [3.05, 3.63) is 94.0 Å². The van der Waals surface area contributed by atoms with Gasteiger partial charge in [-0.25, -0.2) is 0 Å². The van der Waals surface area contributed by atoms with Crippen molar-refractivity contribution in [1.82, 2.24) is 0 Å². The van der Waals surface area contributed by atoms with Crippen molar-refractivity contribution >= 4 is 17.1 Å². The molecule has 5 nitrogen and oxygen atoms in total. The third-order valence-corrected chi connectivity index (χ3v) is 6.45. The molecule has 0 aliphatic rings. The quantitative estimate of drug-likeness (QED) is 0.277. The minimum Gasteiger partial charge on any atom is -0.508 e. The van der Waals surface area contributed by atoms with Gasteiger partial charge in [0.15, 0.2) is 11.5 Å². The number of benzene rings is 4. The minimum atomic E-state index is 0.0931. The van der Waals surface area contributed by atoms with Gasteiger partial charge >= 0.3 is 0 Å². The molecule has 4 rings (SSSR count). The number of aryl methyl sites for hydroxylation is 3. The van der Waals surface area contributed by atoms with Crippen LogP contribution >= 0.6 is 0 Å². The number of phenolic OH excluding ortho intramolecular Hbond substituents is 3. The molecule has 4 aromatic carbocycles. The van der Waals surface area contributed by atoms with E-state index in [0.717, 1.165) is 50.4 Å². The average Bonchev–Trinajstić information content (AvgIpc) is 2.81. The molecule has 0 amide bonds. The van der Waals surface area contributed by atoms with E-state index in [1.54, 1.807) is 18.2 Å². The zero-order valence-electron chi connectivity index (χ0n) is 21.0. The normalized spacial score (nSPS) is 10.9. The van der Waals surface area contributed by atoms with Crippen LogP contribution in [0.1, 0.15) is 33.4 Å². The van der Waals surface area contributed by atoms with E-state index in [0.29, 0.717) is 11.5 Å². The number of hydrogen-bond acceptors (Lipinski definition) is 5. The lowest BCUT2D eigenvalue weighted by molar-refractivity contribution is 0.408. The maximum absolute atomic E-state index is 10.6. The first-order valence-electron chi connectivity index (χ1n) is 11.5. The molecule has 180 valence electrons. The van der Waals surface area contributed by atoms with Crippen molar-refractivity contribution in [3.8, 4) is 28.7 Å². The predicted molar refractivity (Wildman–Crippen MR) is 141 cm³/mol. The molecule has 0 aliphatic carbocycles. The van der Waals surface area contributed by atoms with E-state index in [-0.39, 0.29) is 17.2 Å². The molecular formula is C30H31NO4. The fourth-order valence-electron chi connectivity index (χ4n) is 4.20. The maximum atomic E-state index is 10.6. The first-order valence-corrected chi connectivity index (χ1v) is 11.5. The second-order valence-corrected chi connectivity index (χ2v) is 9.14. The summed E-state index contributed by atoms with van der Waals surface area (Å²) in [5.41, 5.74) is 7.70. The Hall–Kier alpha value is -4.12. The first-order chi connectivity index (χ1) is 16.6. The topological polar surface area (TPSA) is 73.2 Å². The second kappa shape index (κ2) is 9.26. The van der Waals surface area contributed by atoms with Crippen molar-refractivity contribution < 1.29 is 20.1 Å². The SMILES string of the molecule is Cc1cc(O)c(C)c(N(c2ccc(Oc3c(O)ccc(C)c3C)cc2)c2cc(C)cc(O)c2C)c1. The monoisotopic (exact) mass is 469 g/mol. The Balaban J connectivity index is 1.84. The van der Waals surface area contributed by atoms with E-state index < -0.39 is 0 Å². The van der Waals surface area contributed by atoms with Crippen molar-refractivity contribution in [1.29, 1.82) is 0 Å². The van der Waals surface area contributed by atoms with Crippen molar-refractivity contribution in [2.45, 2.75) is 41.5 Å². The lowest BCUT2D eigenvalue weighted by Crippen LogP contribution is -2.13. The van der Waals surface area contributed by atoms with Crippen molar-refractivity contribution in [2.75, 3.05) is 4.90 Å². The molecular weight excluding hydrogens is 438 g/mol. The van der Waals surface area contributed by atoms with Gasteiger partial charge in [-0.2, -0.15) is 0 Å². The molecule has 0 saturated carbocycles. The summed E-state index contributed by atoms with van der Waals surface area (Å²) in [5, 5.41) is 31.4. The molecule has 0 atom stereocenters. The van der Waals surface area contributed by atoms with Crippen LogP contribution in [-0.4, -0.2) is 15.3 Å². The van der Waals surface area contributed by atoms with Crippen LogP contribution in [0.25, 0.3) is 0 Å². The summed E-state index contributed by atoms with van der Waals surface area (Å²) in [6.07, 6.45) is 0. The number of anilines is 3. The van der Waals surface area contributed by atoms with Crippen LogP contribution in [0.2, 0.25) is 0 Å². The largest absolute Gasteiger partial charge is 0.508 e. The highest BCUT2D eigenvalue weighted by Gasteiger charge is 2.21. The molecule has 0 unspecified atom stereocenters. The van der Waals surface area contributed by atoms with Gasteiger partial charge in [-0.15, -0.1) is 0 Å². The zero-order valence-corrected chi connectivity index (χ0v) is 21.0. The smallest absolute Gasteiger partial charge is 0.172 e. The van der Waals surface area contributed by atoms with Crippen molar-refractivity contribution in [2.24, 2.45) is 0 Å². The van der Waals surface area contributed by atoms with Gasteiger partial charge in [0.25, 0.3) is 0 Å². The lowest BCUT2D eigenvalue weighted by Gasteiger charge is -2.30. The Labute approximate surface area is 206 Å². The average molecular weight is 470 g/mol. The summed E-state index contributed by atoms with van der Waals surface area (Å²) >= 11 is 0. The highest BCUT2D eigenvalue weighted by atomic mass is 16.5. The van der Waals surface area contributed by atoms with E-state index in [1.165, 1.54) is 0 Å². The fraction of sp³-hybridized carbons (Fsp3) is 0.200. The lowest BCUT2D eigenvalue weighted by atomic mass is 10.0. The van der Waals surface area contributed by atoms with Crippen LogP contribution in [0.3, 0.4) is 0 Å². The molecule has 0 fully saturated rings. The van der Waals surface area contributed by atoms with Crippen LogP contribution in [0.5, 0.6) is 28.7 Å². The summed E-state index contributed by atoms with van der Waals surface area (Å²) in [6.45, 7) is 11.5. The van der Waals surface area contributed by atoms with Gasteiger partial charge < -0.3 is 25.0 Å². The fourth-order valence-corrected chi connectivity index (χ4v) is 4.20. The van der Waals surface area contributed by atoms with Gasteiger partial charge in [0.05, 0.1) is 11.4 Å². The number of aromatic hydroxyl groups is 3. The Bertz CT molecular complexity index is 1350. The molecule has 0 aromatic heterocycles. The minimum absolute atomic E-state index is 0.0931. The van der Waals surface area contributed by atoms with E-state index >= 15 is 0 Å². The molecule has 4 aromatic rings. The second-order valence-electron chi connectivity index (χ2n) is 9.14. The van der Waals surface area contributed by atoms with E-state index in [1.807, 2.05) is 88.9 Å². The summed E-state index contributed by atoms with van der Waals surface area (Å²) in [6, 6.07) is 18.6. The van der Waals surface area contributed by atoms with Gasteiger partial charge in [-0.05, 0) is 118 Å². The van der Waals surface area contributed by atoms with Gasteiger partial charge in [-0.1, -0.05) is 6.07 Å². The molecule has 3 N–H and O–H groups in total. The van der Waals surface area contributed by atoms with Crippen molar-refractivity contribution in [3.63, 3.8) is 0 Å². The number of rotatable bonds is 5. The maximum Gasteiger partial charge on any atom is 0.172 e. The van der Waals surface area contributed by atoms with Crippen LogP contribution in [0.15, 0.2) is 60.7 Å². The van der Waals surface area contributed by atoms with E-state index in [9.17, 15) is 15.3 Å². The Kier molecular flexibility index (Phi) is 6.35. The highest BCUT2D eigenvalue weighted by Crippen LogP contribution is 2.44. The Morgan fingerprint density at radius 1 is 0.571 bits per heavy atom. The number of phenols is 3. The first kappa shape index (κ1) is 24.0. The summed E-state index contributed by atoms with van der Waals surface area (Å²) in [5.74, 6) is 1.55. The van der Waals surface area contributed by atoms with Gasteiger partial charge in [0.1, 0.15) is 17.2 Å². The summed E-state index contributed by atoms with van der Waals surface area (Å²) in [4.78, 5) is 2.03. The number of nitrogens with zero attached hydrogens (tertiary/aromatic N) is 1. The molecule has 0 aliphatic heterocycles. The van der Waals surface area contributed by atoms with Crippen LogP contribution in [-0.2, 0) is 0 Å². The van der Waals surface area contributed by atoms with E-state index in [4.69, 9.17) is 4.74 Å². The molecule has 0 saturated heterocycles. The molecule has 35 heavy (non-hydrogen) atoms. The molecule has 0 bridgehead atoms. The predicted octanol–water partition coefficient (Wildman–Crippen LogP) is 7.92. The Morgan fingerprint density at radius 2 is 1.09 bits per heavy atom. The van der Waals surface area contributed by atoms with Gasteiger partial charge in [-0.3, -0.25) is 0 Å². The third-order valence-electron chi connectivity index (χ3n) is 6.45. The van der Waals surface area contributed by atoms with Gasteiger partial charge in [0.2, 0.25) is 0 Å². The summed E-state index contributed by atoms with van der Waals surface area (Å²) < 4.78 is 6.04. The zero-order chi connectivity index (χ0) is 25.4. The van der Waals surface area contributed by atoms with E-state index in [2.05, 4.69) is 0 Å². The molecule has 0 spiro atoms. The molecule has 5 heteroatoms.